The molecule has 0 saturated carbocycles. The molecule has 4 nitrogen and oxygen atoms in total. The molecular formula is C16H16N4S. The standard InChI is InChI=1S/C16H16N4S/c1-3-13-14(10-17)20-16(18-13)21-15(19-20)9-8-12-6-4-11(2)5-7-12/h4-7H,3,8-9H2,1-2H3. The molecule has 3 rings (SSSR count). The number of aromatic nitrogens is 3. The van der Waals surface area contributed by atoms with E-state index >= 15 is 0 Å². The van der Waals surface area contributed by atoms with Gasteiger partial charge in [0.25, 0.3) is 0 Å². The van der Waals surface area contributed by atoms with E-state index < -0.39 is 0 Å². The third-order valence-corrected chi connectivity index (χ3v) is 4.47. The molecule has 0 aliphatic rings. The highest BCUT2D eigenvalue weighted by Gasteiger charge is 2.14. The van der Waals surface area contributed by atoms with Gasteiger partial charge in [-0.2, -0.15) is 14.9 Å². The SMILES string of the molecule is CCc1nc2sc(CCc3ccc(C)cc3)nn2c1C#N. The molecule has 106 valence electrons. The summed E-state index contributed by atoms with van der Waals surface area (Å²) in [7, 11) is 0. The zero-order valence-electron chi connectivity index (χ0n) is 12.1. The average Bonchev–Trinajstić information content (AvgIpc) is 3.02. The topological polar surface area (TPSA) is 54.0 Å². The van der Waals surface area contributed by atoms with Crippen LogP contribution < -0.4 is 0 Å². The first-order valence-electron chi connectivity index (χ1n) is 7.04. The Balaban J connectivity index is 1.80. The van der Waals surface area contributed by atoms with Crippen LogP contribution in [0.25, 0.3) is 4.96 Å². The highest BCUT2D eigenvalue weighted by atomic mass is 32.1. The Kier molecular flexibility index (Phi) is 3.72. The zero-order valence-corrected chi connectivity index (χ0v) is 12.9. The van der Waals surface area contributed by atoms with E-state index in [-0.39, 0.29) is 0 Å². The maximum Gasteiger partial charge on any atom is 0.213 e. The summed E-state index contributed by atoms with van der Waals surface area (Å²) in [6, 6.07) is 10.8. The molecule has 21 heavy (non-hydrogen) atoms. The minimum absolute atomic E-state index is 0.574. The minimum Gasteiger partial charge on any atom is -0.221 e. The summed E-state index contributed by atoms with van der Waals surface area (Å²) < 4.78 is 1.69. The molecule has 0 radical (unpaired) electrons. The molecule has 2 aromatic heterocycles. The van der Waals surface area contributed by atoms with Gasteiger partial charge in [-0.1, -0.05) is 48.1 Å². The Hall–Kier alpha value is -2.19. The Bertz CT molecular complexity index is 805. The van der Waals surface area contributed by atoms with E-state index in [0.29, 0.717) is 5.69 Å². The number of rotatable bonds is 4. The molecule has 0 N–H and O–H groups in total. The van der Waals surface area contributed by atoms with Crippen molar-refractivity contribution in [2.75, 3.05) is 0 Å². The highest BCUT2D eigenvalue weighted by Crippen LogP contribution is 2.20. The van der Waals surface area contributed by atoms with Crippen molar-refractivity contribution >= 4 is 16.3 Å². The van der Waals surface area contributed by atoms with E-state index in [9.17, 15) is 5.26 Å². The van der Waals surface area contributed by atoms with Crippen molar-refractivity contribution < 1.29 is 0 Å². The van der Waals surface area contributed by atoms with Crippen LogP contribution in [-0.4, -0.2) is 14.6 Å². The number of benzene rings is 1. The number of fused-ring (bicyclic) bond motifs is 1. The van der Waals surface area contributed by atoms with Gasteiger partial charge in [-0.15, -0.1) is 0 Å². The van der Waals surface area contributed by atoms with Gasteiger partial charge in [-0.05, 0) is 25.3 Å². The lowest BCUT2D eigenvalue weighted by atomic mass is 10.1. The van der Waals surface area contributed by atoms with Gasteiger partial charge < -0.3 is 0 Å². The van der Waals surface area contributed by atoms with Gasteiger partial charge in [0.05, 0.1) is 5.69 Å². The molecule has 0 spiro atoms. The minimum atomic E-state index is 0.574. The van der Waals surface area contributed by atoms with Crippen molar-refractivity contribution in [3.05, 3.63) is 51.8 Å². The summed E-state index contributed by atoms with van der Waals surface area (Å²) in [4.78, 5) is 5.31. The lowest BCUT2D eigenvalue weighted by Crippen LogP contribution is -1.95. The highest BCUT2D eigenvalue weighted by molar-refractivity contribution is 7.16. The molecule has 0 aliphatic carbocycles. The lowest BCUT2D eigenvalue weighted by Gasteiger charge is -1.99. The Morgan fingerprint density at radius 1 is 1.24 bits per heavy atom. The fourth-order valence-electron chi connectivity index (χ4n) is 2.30. The van der Waals surface area contributed by atoms with Crippen molar-refractivity contribution in [1.82, 2.24) is 14.6 Å². The molecule has 0 unspecified atom stereocenters. The van der Waals surface area contributed by atoms with Crippen LogP contribution in [0, 0.1) is 18.3 Å². The van der Waals surface area contributed by atoms with Crippen LogP contribution in [0.3, 0.4) is 0 Å². The van der Waals surface area contributed by atoms with Crippen molar-refractivity contribution in [3.8, 4) is 6.07 Å². The van der Waals surface area contributed by atoms with Crippen LogP contribution in [0.5, 0.6) is 0 Å². The first-order valence-corrected chi connectivity index (χ1v) is 7.86. The average molecular weight is 296 g/mol. The molecule has 0 saturated heterocycles. The quantitative estimate of drug-likeness (QED) is 0.742. The zero-order chi connectivity index (χ0) is 14.8. The van der Waals surface area contributed by atoms with Crippen LogP contribution in [0.15, 0.2) is 24.3 Å². The summed E-state index contributed by atoms with van der Waals surface area (Å²) >= 11 is 1.58. The van der Waals surface area contributed by atoms with E-state index in [0.717, 1.165) is 34.9 Å². The summed E-state index contributed by atoms with van der Waals surface area (Å²) in [5, 5.41) is 14.8. The number of nitriles is 1. The molecule has 3 aromatic rings. The van der Waals surface area contributed by atoms with E-state index in [1.807, 2.05) is 6.92 Å². The normalized spacial score (nSPS) is 10.9. The predicted octanol–water partition coefficient (Wildman–Crippen LogP) is 3.32. The molecule has 0 aliphatic heterocycles. The number of nitrogens with zero attached hydrogens (tertiary/aromatic N) is 4. The smallest absolute Gasteiger partial charge is 0.213 e. The second-order valence-corrected chi connectivity index (χ2v) is 6.09. The van der Waals surface area contributed by atoms with Gasteiger partial charge in [-0.25, -0.2) is 4.98 Å². The van der Waals surface area contributed by atoms with Crippen molar-refractivity contribution in [2.24, 2.45) is 0 Å². The van der Waals surface area contributed by atoms with Crippen LogP contribution in [0.4, 0.5) is 0 Å². The molecule has 1 aromatic carbocycles. The Labute approximate surface area is 127 Å². The van der Waals surface area contributed by atoms with Gasteiger partial charge in [0.1, 0.15) is 11.1 Å². The number of hydrogen-bond donors (Lipinski definition) is 0. The largest absolute Gasteiger partial charge is 0.221 e. The van der Waals surface area contributed by atoms with Crippen LogP contribution >= 0.6 is 11.3 Å². The second kappa shape index (κ2) is 5.66. The van der Waals surface area contributed by atoms with Crippen molar-refractivity contribution in [3.63, 3.8) is 0 Å². The van der Waals surface area contributed by atoms with Gasteiger partial charge >= 0.3 is 0 Å². The third kappa shape index (κ3) is 2.67. The van der Waals surface area contributed by atoms with Gasteiger partial charge in [0, 0.05) is 6.42 Å². The molecule has 2 heterocycles. The molecule has 5 heteroatoms. The third-order valence-electron chi connectivity index (χ3n) is 3.51. The van der Waals surface area contributed by atoms with E-state index in [1.165, 1.54) is 11.1 Å². The maximum absolute atomic E-state index is 9.23. The number of aryl methyl sites for hydroxylation is 4. The first-order chi connectivity index (χ1) is 10.2. The van der Waals surface area contributed by atoms with Gasteiger partial charge in [0.2, 0.25) is 4.96 Å². The monoisotopic (exact) mass is 296 g/mol. The molecule has 0 atom stereocenters. The number of imidazole rings is 1. The molecular weight excluding hydrogens is 280 g/mol. The lowest BCUT2D eigenvalue weighted by molar-refractivity contribution is 0.855. The summed E-state index contributed by atoms with van der Waals surface area (Å²) in [5.74, 6) is 0. The van der Waals surface area contributed by atoms with E-state index in [4.69, 9.17) is 0 Å². The first kappa shape index (κ1) is 13.8. The summed E-state index contributed by atoms with van der Waals surface area (Å²) in [6.07, 6.45) is 2.60. The van der Waals surface area contributed by atoms with Crippen LogP contribution in [0.2, 0.25) is 0 Å². The summed E-state index contributed by atoms with van der Waals surface area (Å²) in [5.41, 5.74) is 3.99. The maximum atomic E-state index is 9.23. The molecule has 0 bridgehead atoms. The van der Waals surface area contributed by atoms with Crippen LogP contribution in [0.1, 0.15) is 34.4 Å². The van der Waals surface area contributed by atoms with Crippen molar-refractivity contribution in [2.45, 2.75) is 33.1 Å². The molecule has 0 fully saturated rings. The van der Waals surface area contributed by atoms with Crippen LogP contribution in [-0.2, 0) is 19.3 Å². The fourth-order valence-corrected chi connectivity index (χ4v) is 3.21. The van der Waals surface area contributed by atoms with Crippen molar-refractivity contribution in [1.29, 1.82) is 5.26 Å². The van der Waals surface area contributed by atoms with Gasteiger partial charge in [-0.3, -0.25) is 0 Å². The second-order valence-electron chi connectivity index (χ2n) is 5.05. The fraction of sp³-hybridized carbons (Fsp3) is 0.312. The Morgan fingerprint density at radius 3 is 2.67 bits per heavy atom. The predicted molar refractivity (Wildman–Crippen MR) is 83.5 cm³/mol. The van der Waals surface area contributed by atoms with E-state index in [1.54, 1.807) is 15.9 Å². The van der Waals surface area contributed by atoms with Gasteiger partial charge in [0.15, 0.2) is 5.69 Å². The Morgan fingerprint density at radius 2 is 2.00 bits per heavy atom. The molecule has 0 amide bonds. The van der Waals surface area contributed by atoms with E-state index in [2.05, 4.69) is 47.3 Å². The number of hydrogen-bond acceptors (Lipinski definition) is 4. The summed E-state index contributed by atoms with van der Waals surface area (Å²) in [6.45, 7) is 4.10.